The molecule has 0 fully saturated rings. The molecule has 0 unspecified atom stereocenters. The van der Waals surface area contributed by atoms with Crippen molar-refractivity contribution in [2.75, 3.05) is 10.6 Å². The first-order valence-corrected chi connectivity index (χ1v) is 9.04. The highest BCUT2D eigenvalue weighted by Crippen LogP contribution is 2.21. The van der Waals surface area contributed by atoms with Crippen molar-refractivity contribution in [3.63, 3.8) is 0 Å². The van der Waals surface area contributed by atoms with Gasteiger partial charge in [-0.25, -0.2) is 9.97 Å². The zero-order chi connectivity index (χ0) is 17.8. The summed E-state index contributed by atoms with van der Waals surface area (Å²) in [6.45, 7) is 9.27. The topological polar surface area (TPSA) is 75.6 Å². The van der Waals surface area contributed by atoms with E-state index in [1.807, 2.05) is 27.7 Å². The van der Waals surface area contributed by atoms with E-state index >= 15 is 0 Å². The first-order chi connectivity index (χ1) is 12.0. The van der Waals surface area contributed by atoms with E-state index in [0.29, 0.717) is 0 Å². The van der Waals surface area contributed by atoms with E-state index in [-0.39, 0.29) is 0 Å². The van der Waals surface area contributed by atoms with E-state index in [0.717, 1.165) is 47.5 Å². The van der Waals surface area contributed by atoms with Crippen molar-refractivity contribution in [3.05, 3.63) is 57.1 Å². The molecule has 0 radical (unpaired) electrons. The van der Waals surface area contributed by atoms with E-state index in [2.05, 4.69) is 42.0 Å². The van der Waals surface area contributed by atoms with Crippen molar-refractivity contribution in [2.24, 2.45) is 0 Å². The second-order valence-corrected chi connectivity index (χ2v) is 6.97. The van der Waals surface area contributed by atoms with Crippen LogP contribution in [-0.2, 0) is 13.1 Å². The lowest BCUT2D eigenvalue weighted by Gasteiger charge is -2.11. The van der Waals surface area contributed by atoms with Crippen LogP contribution in [0.1, 0.15) is 33.2 Å². The monoisotopic (exact) mass is 354 g/mol. The molecule has 3 rings (SSSR count). The van der Waals surface area contributed by atoms with Crippen molar-refractivity contribution in [3.8, 4) is 0 Å². The van der Waals surface area contributed by atoms with Crippen LogP contribution in [-0.4, -0.2) is 19.9 Å². The molecular formula is C18H22N6S. The molecule has 0 aliphatic heterocycles. The molecule has 130 valence electrons. The molecule has 3 heterocycles. The molecule has 0 saturated carbocycles. The number of anilines is 2. The van der Waals surface area contributed by atoms with Gasteiger partial charge in [0.15, 0.2) is 0 Å². The van der Waals surface area contributed by atoms with Gasteiger partial charge in [-0.1, -0.05) is 0 Å². The average molecular weight is 354 g/mol. The van der Waals surface area contributed by atoms with Gasteiger partial charge in [-0.05, 0) is 44.7 Å². The second kappa shape index (κ2) is 7.57. The summed E-state index contributed by atoms with van der Waals surface area (Å²) in [5.41, 5.74) is 4.89. The summed E-state index contributed by atoms with van der Waals surface area (Å²) >= 11 is 1.73. The van der Waals surface area contributed by atoms with Gasteiger partial charge in [-0.3, -0.25) is 9.97 Å². The third-order valence-corrected chi connectivity index (χ3v) is 4.82. The van der Waals surface area contributed by atoms with Crippen molar-refractivity contribution in [1.29, 1.82) is 0 Å². The van der Waals surface area contributed by atoms with Crippen molar-refractivity contribution in [1.82, 2.24) is 19.9 Å². The maximum atomic E-state index is 4.51. The summed E-state index contributed by atoms with van der Waals surface area (Å²) in [7, 11) is 0. The number of aromatic nitrogens is 4. The lowest BCUT2D eigenvalue weighted by Crippen LogP contribution is -2.09. The number of hydrogen-bond donors (Lipinski definition) is 2. The molecule has 0 amide bonds. The van der Waals surface area contributed by atoms with Crippen LogP contribution < -0.4 is 10.6 Å². The predicted molar refractivity (Wildman–Crippen MR) is 102 cm³/mol. The highest BCUT2D eigenvalue weighted by atomic mass is 32.1. The first-order valence-electron chi connectivity index (χ1n) is 8.16. The first kappa shape index (κ1) is 17.3. The van der Waals surface area contributed by atoms with Crippen LogP contribution in [0.2, 0.25) is 0 Å². The quantitative estimate of drug-likeness (QED) is 0.701. The van der Waals surface area contributed by atoms with Crippen LogP contribution in [0, 0.1) is 27.7 Å². The van der Waals surface area contributed by atoms with Crippen molar-refractivity contribution < 1.29 is 0 Å². The van der Waals surface area contributed by atoms with E-state index in [1.54, 1.807) is 23.7 Å². The Morgan fingerprint density at radius 3 is 2.00 bits per heavy atom. The third kappa shape index (κ3) is 4.30. The molecule has 0 bridgehead atoms. The Hall–Kier alpha value is -2.54. The van der Waals surface area contributed by atoms with Gasteiger partial charge >= 0.3 is 0 Å². The number of hydrogen-bond acceptors (Lipinski definition) is 7. The molecule has 3 aromatic rings. The lowest BCUT2D eigenvalue weighted by atomic mass is 10.2. The summed E-state index contributed by atoms with van der Waals surface area (Å²) in [6.07, 6.45) is 3.57. The minimum Gasteiger partial charge on any atom is -0.364 e. The normalized spacial score (nSPS) is 10.7. The summed E-state index contributed by atoms with van der Waals surface area (Å²) in [5, 5.41) is 8.90. The van der Waals surface area contributed by atoms with Gasteiger partial charge in [0, 0.05) is 23.8 Å². The maximum Gasteiger partial charge on any atom is 0.148 e. The molecular weight excluding hydrogens is 332 g/mol. The fourth-order valence-electron chi connectivity index (χ4n) is 2.43. The van der Waals surface area contributed by atoms with Crippen LogP contribution in [0.4, 0.5) is 11.6 Å². The van der Waals surface area contributed by atoms with Crippen LogP contribution in [0.15, 0.2) is 23.8 Å². The Morgan fingerprint density at radius 2 is 1.40 bits per heavy atom. The van der Waals surface area contributed by atoms with Crippen LogP contribution in [0.3, 0.4) is 0 Å². The molecule has 0 saturated heterocycles. The fourth-order valence-corrected chi connectivity index (χ4v) is 3.28. The number of aryl methyl sites for hydroxylation is 4. The Kier molecular flexibility index (Phi) is 5.23. The standard InChI is InChI=1S/C18H22N6S/c1-11-7-19-13(3)17(23-11)21-9-15-5-6-25-16(15)10-22-18-14(4)20-8-12(2)24-18/h5-8H,9-10H2,1-4H3,(H,21,23)(H,22,24). The summed E-state index contributed by atoms with van der Waals surface area (Å²) in [6, 6.07) is 2.14. The molecule has 0 atom stereocenters. The molecule has 25 heavy (non-hydrogen) atoms. The minimum atomic E-state index is 0.720. The van der Waals surface area contributed by atoms with Crippen molar-refractivity contribution in [2.45, 2.75) is 40.8 Å². The zero-order valence-corrected chi connectivity index (χ0v) is 15.7. The minimum absolute atomic E-state index is 0.720. The maximum absolute atomic E-state index is 4.51. The van der Waals surface area contributed by atoms with Gasteiger partial charge in [0.2, 0.25) is 0 Å². The van der Waals surface area contributed by atoms with Gasteiger partial charge in [-0.2, -0.15) is 0 Å². The molecule has 0 aromatic carbocycles. The predicted octanol–water partition coefficient (Wildman–Crippen LogP) is 3.79. The van der Waals surface area contributed by atoms with E-state index < -0.39 is 0 Å². The summed E-state index contributed by atoms with van der Waals surface area (Å²) < 4.78 is 0. The number of thiophene rings is 1. The van der Waals surface area contributed by atoms with Gasteiger partial charge in [-0.15, -0.1) is 11.3 Å². The average Bonchev–Trinajstić information content (AvgIpc) is 3.04. The number of rotatable bonds is 6. The molecule has 6 nitrogen and oxygen atoms in total. The molecule has 0 aliphatic carbocycles. The molecule has 7 heteroatoms. The molecule has 2 N–H and O–H groups in total. The smallest absolute Gasteiger partial charge is 0.148 e. The SMILES string of the molecule is Cc1cnc(C)c(NCc2ccsc2CNc2nc(C)cnc2C)n1. The van der Waals surface area contributed by atoms with E-state index in [1.165, 1.54) is 10.4 Å². The van der Waals surface area contributed by atoms with Crippen LogP contribution in [0.5, 0.6) is 0 Å². The third-order valence-electron chi connectivity index (χ3n) is 3.85. The number of nitrogens with one attached hydrogen (secondary N) is 2. The largest absolute Gasteiger partial charge is 0.364 e. The highest BCUT2D eigenvalue weighted by Gasteiger charge is 2.08. The summed E-state index contributed by atoms with van der Waals surface area (Å²) in [5.74, 6) is 1.68. The molecule has 3 aromatic heterocycles. The molecule has 0 aliphatic rings. The van der Waals surface area contributed by atoms with Crippen molar-refractivity contribution >= 4 is 23.0 Å². The highest BCUT2D eigenvalue weighted by molar-refractivity contribution is 7.10. The second-order valence-electron chi connectivity index (χ2n) is 5.97. The Bertz CT molecular complexity index is 804. The lowest BCUT2D eigenvalue weighted by molar-refractivity contribution is 0.997. The molecule has 0 spiro atoms. The number of nitrogens with zero attached hydrogens (tertiary/aromatic N) is 4. The Balaban J connectivity index is 1.66. The van der Waals surface area contributed by atoms with E-state index in [4.69, 9.17) is 0 Å². The van der Waals surface area contributed by atoms with Gasteiger partial charge in [0.1, 0.15) is 11.6 Å². The Morgan fingerprint density at radius 1 is 0.840 bits per heavy atom. The van der Waals surface area contributed by atoms with Gasteiger partial charge < -0.3 is 10.6 Å². The van der Waals surface area contributed by atoms with Crippen LogP contribution in [0.25, 0.3) is 0 Å². The fraction of sp³-hybridized carbons (Fsp3) is 0.333. The van der Waals surface area contributed by atoms with Gasteiger partial charge in [0.25, 0.3) is 0 Å². The van der Waals surface area contributed by atoms with Gasteiger partial charge in [0.05, 0.1) is 29.3 Å². The van der Waals surface area contributed by atoms with Crippen LogP contribution >= 0.6 is 11.3 Å². The zero-order valence-electron chi connectivity index (χ0n) is 14.9. The summed E-state index contributed by atoms with van der Waals surface area (Å²) in [4.78, 5) is 19.0. The Labute approximate surface area is 151 Å². The van der Waals surface area contributed by atoms with E-state index in [9.17, 15) is 0 Å².